The summed E-state index contributed by atoms with van der Waals surface area (Å²) in [6, 6.07) is 10.2. The summed E-state index contributed by atoms with van der Waals surface area (Å²) in [5, 5.41) is 0. The van der Waals surface area contributed by atoms with Crippen molar-refractivity contribution in [2.75, 3.05) is 14.2 Å². The van der Waals surface area contributed by atoms with Crippen LogP contribution < -0.4 is 9.47 Å². The van der Waals surface area contributed by atoms with Gasteiger partial charge in [-0.25, -0.2) is 9.18 Å². The number of carbonyl (C=O) groups excluding carboxylic acids is 2. The van der Waals surface area contributed by atoms with Gasteiger partial charge in [-0.1, -0.05) is 0 Å². The zero-order chi connectivity index (χ0) is 17.7. The highest BCUT2D eigenvalue weighted by Gasteiger charge is 2.22. The molecule has 2 rings (SSSR count). The van der Waals surface area contributed by atoms with Crippen LogP contribution in [0.2, 0.25) is 0 Å². The van der Waals surface area contributed by atoms with Crippen LogP contribution in [0, 0.1) is 5.82 Å². The lowest BCUT2D eigenvalue weighted by atomic mass is 10.1. The van der Waals surface area contributed by atoms with Crippen molar-refractivity contribution in [3.8, 4) is 11.5 Å². The molecule has 0 spiro atoms. The molecule has 0 amide bonds. The third-order valence-electron chi connectivity index (χ3n) is 3.42. The van der Waals surface area contributed by atoms with Crippen molar-refractivity contribution >= 4 is 11.8 Å². The minimum atomic E-state index is -1.05. The summed E-state index contributed by atoms with van der Waals surface area (Å²) >= 11 is 0. The number of esters is 1. The molecule has 0 bridgehead atoms. The van der Waals surface area contributed by atoms with Gasteiger partial charge in [0, 0.05) is 11.6 Å². The van der Waals surface area contributed by atoms with Gasteiger partial charge in [0.1, 0.15) is 17.3 Å². The third-order valence-corrected chi connectivity index (χ3v) is 3.42. The van der Waals surface area contributed by atoms with Crippen molar-refractivity contribution < 1.29 is 28.2 Å². The van der Waals surface area contributed by atoms with Crippen LogP contribution in [0.25, 0.3) is 0 Å². The summed E-state index contributed by atoms with van der Waals surface area (Å²) in [7, 11) is 2.91. The van der Waals surface area contributed by atoms with Crippen molar-refractivity contribution in [2.24, 2.45) is 0 Å². The second-order valence-corrected chi connectivity index (χ2v) is 4.99. The van der Waals surface area contributed by atoms with Gasteiger partial charge in [0.25, 0.3) is 0 Å². The largest absolute Gasteiger partial charge is 0.497 e. The number of ketones is 1. The molecule has 5 nitrogen and oxygen atoms in total. The molecular weight excluding hydrogens is 315 g/mol. The predicted octanol–water partition coefficient (Wildman–Crippen LogP) is 3.27. The van der Waals surface area contributed by atoms with Gasteiger partial charge in [-0.3, -0.25) is 4.79 Å². The Bertz CT molecular complexity index is 740. The number of ether oxygens (including phenoxy) is 3. The Balaban J connectivity index is 2.08. The monoisotopic (exact) mass is 332 g/mol. The van der Waals surface area contributed by atoms with Crippen LogP contribution in [0.5, 0.6) is 11.5 Å². The molecule has 0 aliphatic heterocycles. The molecule has 0 radical (unpaired) electrons. The van der Waals surface area contributed by atoms with Gasteiger partial charge in [-0.2, -0.15) is 0 Å². The van der Waals surface area contributed by atoms with E-state index >= 15 is 0 Å². The molecule has 0 aromatic heterocycles. The summed E-state index contributed by atoms with van der Waals surface area (Å²) in [5.41, 5.74) is 0.108. The Labute approximate surface area is 139 Å². The standard InChI is InChI=1S/C18H17FO5/c1-11(17(20)12-4-6-13(22-2)7-5-12)24-18(21)15-9-8-14(23-3)10-16(15)19/h4-11H,1-3H3/t11-/m1/s1. The van der Waals surface area contributed by atoms with E-state index in [0.717, 1.165) is 6.07 Å². The summed E-state index contributed by atoms with van der Waals surface area (Å²) in [6.07, 6.45) is -1.05. The molecule has 1 atom stereocenters. The lowest BCUT2D eigenvalue weighted by Gasteiger charge is -2.13. The molecule has 0 N–H and O–H groups in total. The molecule has 0 saturated carbocycles. The van der Waals surface area contributed by atoms with Crippen LogP contribution in [0.1, 0.15) is 27.6 Å². The van der Waals surface area contributed by atoms with Gasteiger partial charge in [0.2, 0.25) is 5.78 Å². The van der Waals surface area contributed by atoms with E-state index in [-0.39, 0.29) is 17.1 Å². The second-order valence-electron chi connectivity index (χ2n) is 4.99. The number of Topliss-reactive ketones (excluding diaryl/α,β-unsaturated/α-hetero) is 1. The average molecular weight is 332 g/mol. The Morgan fingerprint density at radius 3 is 2.08 bits per heavy atom. The number of hydrogen-bond donors (Lipinski definition) is 0. The molecular formula is C18H17FO5. The predicted molar refractivity (Wildman–Crippen MR) is 85.2 cm³/mol. The lowest BCUT2D eigenvalue weighted by Crippen LogP contribution is -2.24. The molecule has 0 aliphatic rings. The van der Waals surface area contributed by atoms with Gasteiger partial charge >= 0.3 is 5.97 Å². The molecule has 0 unspecified atom stereocenters. The SMILES string of the molecule is COc1ccc(C(=O)[C@@H](C)OC(=O)c2ccc(OC)cc2F)cc1. The zero-order valence-electron chi connectivity index (χ0n) is 13.5. The first kappa shape index (κ1) is 17.5. The van der Waals surface area contributed by atoms with Crippen LogP contribution in [0.4, 0.5) is 4.39 Å². The molecule has 0 fully saturated rings. The van der Waals surface area contributed by atoms with Gasteiger partial charge in [-0.05, 0) is 43.3 Å². The van der Waals surface area contributed by atoms with Crippen LogP contribution >= 0.6 is 0 Å². The first-order valence-corrected chi connectivity index (χ1v) is 7.19. The van der Waals surface area contributed by atoms with E-state index in [0.29, 0.717) is 11.3 Å². The topological polar surface area (TPSA) is 61.8 Å². The van der Waals surface area contributed by atoms with E-state index in [1.807, 2.05) is 0 Å². The molecule has 126 valence electrons. The molecule has 2 aromatic rings. The van der Waals surface area contributed by atoms with E-state index in [1.54, 1.807) is 24.3 Å². The van der Waals surface area contributed by atoms with Gasteiger partial charge < -0.3 is 14.2 Å². The first-order chi connectivity index (χ1) is 11.5. The molecule has 2 aromatic carbocycles. The van der Waals surface area contributed by atoms with Crippen molar-refractivity contribution in [3.63, 3.8) is 0 Å². The Morgan fingerprint density at radius 2 is 1.54 bits per heavy atom. The number of halogens is 1. The Hall–Kier alpha value is -2.89. The van der Waals surface area contributed by atoms with Gasteiger partial charge in [-0.15, -0.1) is 0 Å². The summed E-state index contributed by atoms with van der Waals surface area (Å²) < 4.78 is 28.8. The summed E-state index contributed by atoms with van der Waals surface area (Å²) in [6.45, 7) is 1.44. The molecule has 6 heteroatoms. The van der Waals surface area contributed by atoms with E-state index in [9.17, 15) is 14.0 Å². The number of carbonyl (C=O) groups is 2. The maximum atomic E-state index is 13.9. The highest BCUT2D eigenvalue weighted by Crippen LogP contribution is 2.19. The Morgan fingerprint density at radius 1 is 0.958 bits per heavy atom. The van der Waals surface area contributed by atoms with Crippen molar-refractivity contribution in [3.05, 3.63) is 59.4 Å². The highest BCUT2D eigenvalue weighted by atomic mass is 19.1. The van der Waals surface area contributed by atoms with Crippen LogP contribution in [-0.4, -0.2) is 32.1 Å². The highest BCUT2D eigenvalue weighted by molar-refractivity contribution is 6.01. The number of methoxy groups -OCH3 is 2. The second kappa shape index (κ2) is 7.59. The van der Waals surface area contributed by atoms with E-state index in [2.05, 4.69) is 0 Å². The quantitative estimate of drug-likeness (QED) is 0.600. The Kier molecular flexibility index (Phi) is 5.52. The van der Waals surface area contributed by atoms with E-state index in [4.69, 9.17) is 14.2 Å². The molecule has 24 heavy (non-hydrogen) atoms. The fraction of sp³-hybridized carbons (Fsp3) is 0.222. The van der Waals surface area contributed by atoms with Crippen molar-refractivity contribution in [2.45, 2.75) is 13.0 Å². The summed E-state index contributed by atoms with van der Waals surface area (Å²) in [4.78, 5) is 24.3. The molecule has 0 saturated heterocycles. The zero-order valence-corrected chi connectivity index (χ0v) is 13.5. The van der Waals surface area contributed by atoms with Crippen LogP contribution in [-0.2, 0) is 4.74 Å². The van der Waals surface area contributed by atoms with Gasteiger partial charge in [0.05, 0.1) is 19.8 Å². The third kappa shape index (κ3) is 3.90. The first-order valence-electron chi connectivity index (χ1n) is 7.19. The number of benzene rings is 2. The fourth-order valence-electron chi connectivity index (χ4n) is 2.06. The number of hydrogen-bond acceptors (Lipinski definition) is 5. The van der Waals surface area contributed by atoms with Crippen molar-refractivity contribution in [1.29, 1.82) is 0 Å². The smallest absolute Gasteiger partial charge is 0.341 e. The fourth-order valence-corrected chi connectivity index (χ4v) is 2.06. The maximum absolute atomic E-state index is 13.9. The van der Waals surface area contributed by atoms with Crippen molar-refractivity contribution in [1.82, 2.24) is 0 Å². The molecule has 0 aliphatic carbocycles. The average Bonchev–Trinajstić information content (AvgIpc) is 2.60. The van der Waals surface area contributed by atoms with Crippen LogP contribution in [0.15, 0.2) is 42.5 Å². The van der Waals surface area contributed by atoms with Gasteiger partial charge in [0.15, 0.2) is 6.10 Å². The van der Waals surface area contributed by atoms with E-state index in [1.165, 1.54) is 33.3 Å². The minimum absolute atomic E-state index is 0.259. The van der Waals surface area contributed by atoms with E-state index < -0.39 is 17.9 Å². The lowest BCUT2D eigenvalue weighted by molar-refractivity contribution is 0.0314. The molecule has 0 heterocycles. The number of rotatable bonds is 6. The summed E-state index contributed by atoms with van der Waals surface area (Å²) in [5.74, 6) is -1.18. The minimum Gasteiger partial charge on any atom is -0.497 e. The normalized spacial score (nSPS) is 11.5. The maximum Gasteiger partial charge on any atom is 0.341 e. The van der Waals surface area contributed by atoms with Crippen LogP contribution in [0.3, 0.4) is 0 Å².